The van der Waals surface area contributed by atoms with Gasteiger partial charge in [0.2, 0.25) is 5.91 Å². The quantitative estimate of drug-likeness (QED) is 0.595. The summed E-state index contributed by atoms with van der Waals surface area (Å²) in [7, 11) is 0. The number of carbonyl (C=O) groups is 1. The molecule has 1 N–H and O–H groups in total. The van der Waals surface area contributed by atoms with Crippen LogP contribution in [0.25, 0.3) is 0 Å². The minimum absolute atomic E-state index is 0.198. The molecule has 0 fully saturated rings. The van der Waals surface area contributed by atoms with Crippen molar-refractivity contribution in [2.75, 3.05) is 6.54 Å². The lowest BCUT2D eigenvalue weighted by molar-refractivity contribution is -0.129. The molecule has 0 saturated heterocycles. The number of hydrogen-bond acceptors (Lipinski definition) is 1. The zero-order valence-corrected chi connectivity index (χ0v) is 11.6. The summed E-state index contributed by atoms with van der Waals surface area (Å²) < 4.78 is 0. The molecule has 0 aliphatic rings. The van der Waals surface area contributed by atoms with Crippen LogP contribution in [0.2, 0.25) is 0 Å². The molecule has 96 valence electrons. The van der Waals surface area contributed by atoms with Crippen molar-refractivity contribution >= 4 is 5.91 Å². The maximum atomic E-state index is 11.7. The minimum atomic E-state index is -0.206. The van der Waals surface area contributed by atoms with Crippen LogP contribution >= 0.6 is 0 Å². The zero-order chi connectivity index (χ0) is 12.4. The number of rotatable bonds is 9. The van der Waals surface area contributed by atoms with Gasteiger partial charge in [0.15, 0.2) is 0 Å². The number of carbonyl (C=O) groups excluding carboxylic acids is 1. The third kappa shape index (κ3) is 6.86. The van der Waals surface area contributed by atoms with Crippen molar-refractivity contribution in [3.05, 3.63) is 0 Å². The Morgan fingerprint density at radius 3 is 2.12 bits per heavy atom. The Labute approximate surface area is 101 Å². The number of amides is 1. The van der Waals surface area contributed by atoms with E-state index in [0.29, 0.717) is 0 Å². The molecule has 0 unspecified atom stereocenters. The summed E-state index contributed by atoms with van der Waals surface area (Å²) in [6, 6.07) is 0. The Kier molecular flexibility index (Phi) is 8.32. The largest absolute Gasteiger partial charge is 0.356 e. The van der Waals surface area contributed by atoms with Crippen LogP contribution in [0.5, 0.6) is 0 Å². The van der Waals surface area contributed by atoms with Crippen molar-refractivity contribution in [1.29, 1.82) is 0 Å². The lowest BCUT2D eigenvalue weighted by Gasteiger charge is -2.21. The molecule has 2 heteroatoms. The number of nitrogens with one attached hydrogen (secondary N) is 1. The predicted octanol–water partition coefficient (Wildman–Crippen LogP) is 3.90. The lowest BCUT2D eigenvalue weighted by Crippen LogP contribution is -2.36. The number of unbranched alkanes of at least 4 members (excludes halogenated alkanes) is 5. The second kappa shape index (κ2) is 8.60. The van der Waals surface area contributed by atoms with Crippen LogP contribution in [0, 0.1) is 5.41 Å². The molecule has 2 nitrogen and oxygen atoms in total. The Hall–Kier alpha value is -0.530. The Bertz CT molecular complexity index is 187. The third-order valence-electron chi connectivity index (χ3n) is 3.31. The van der Waals surface area contributed by atoms with E-state index in [1.54, 1.807) is 0 Å². The molecule has 0 aromatic rings. The fourth-order valence-corrected chi connectivity index (χ4v) is 1.51. The summed E-state index contributed by atoms with van der Waals surface area (Å²) in [6.45, 7) is 9.14. The molecule has 0 radical (unpaired) electrons. The first kappa shape index (κ1) is 15.5. The van der Waals surface area contributed by atoms with Gasteiger partial charge in [0.1, 0.15) is 0 Å². The molecule has 0 aliphatic carbocycles. The summed E-state index contributed by atoms with van der Waals surface area (Å²) in [6.07, 6.45) is 8.54. The molecule has 16 heavy (non-hydrogen) atoms. The van der Waals surface area contributed by atoms with Gasteiger partial charge in [-0.2, -0.15) is 0 Å². The topological polar surface area (TPSA) is 29.1 Å². The van der Waals surface area contributed by atoms with Crippen molar-refractivity contribution in [2.45, 2.75) is 72.6 Å². The Morgan fingerprint density at radius 2 is 1.56 bits per heavy atom. The second-order valence-corrected chi connectivity index (χ2v) is 5.26. The first-order chi connectivity index (χ1) is 7.54. The molecule has 0 rings (SSSR count). The highest BCUT2D eigenvalue weighted by molar-refractivity contribution is 5.81. The fraction of sp³-hybridized carbons (Fsp3) is 0.929. The van der Waals surface area contributed by atoms with Crippen molar-refractivity contribution in [3.8, 4) is 0 Å². The van der Waals surface area contributed by atoms with Gasteiger partial charge in [-0.1, -0.05) is 59.8 Å². The van der Waals surface area contributed by atoms with Gasteiger partial charge >= 0.3 is 0 Å². The SMILES string of the molecule is CCCCCCCCNC(=O)C(C)(C)CC. The van der Waals surface area contributed by atoms with Gasteiger partial charge in [-0.25, -0.2) is 0 Å². The van der Waals surface area contributed by atoms with Gasteiger partial charge in [-0.15, -0.1) is 0 Å². The van der Waals surface area contributed by atoms with E-state index >= 15 is 0 Å². The highest BCUT2D eigenvalue weighted by Crippen LogP contribution is 2.19. The normalized spacial score (nSPS) is 11.5. The molecule has 0 atom stereocenters. The van der Waals surface area contributed by atoms with Crippen molar-refractivity contribution < 1.29 is 4.79 Å². The molecule has 0 heterocycles. The van der Waals surface area contributed by atoms with Crippen molar-refractivity contribution in [1.82, 2.24) is 5.32 Å². The van der Waals surface area contributed by atoms with Crippen LogP contribution in [0.1, 0.15) is 72.6 Å². The van der Waals surface area contributed by atoms with E-state index in [9.17, 15) is 4.79 Å². The van der Waals surface area contributed by atoms with Crippen molar-refractivity contribution in [2.24, 2.45) is 5.41 Å². The Morgan fingerprint density at radius 1 is 1.00 bits per heavy atom. The molecule has 0 aliphatic heterocycles. The first-order valence-electron chi connectivity index (χ1n) is 6.83. The molecule has 0 aromatic carbocycles. The first-order valence-corrected chi connectivity index (χ1v) is 6.83. The van der Waals surface area contributed by atoms with Crippen LogP contribution in [0.3, 0.4) is 0 Å². The van der Waals surface area contributed by atoms with Crippen LogP contribution in [0.15, 0.2) is 0 Å². The maximum absolute atomic E-state index is 11.7. The van der Waals surface area contributed by atoms with E-state index in [-0.39, 0.29) is 11.3 Å². The molecule has 0 saturated carbocycles. The monoisotopic (exact) mass is 227 g/mol. The van der Waals surface area contributed by atoms with E-state index < -0.39 is 0 Å². The van der Waals surface area contributed by atoms with Gasteiger partial charge in [-0.05, 0) is 12.8 Å². The summed E-state index contributed by atoms with van der Waals surface area (Å²) in [5.74, 6) is 0.198. The van der Waals surface area contributed by atoms with Gasteiger partial charge < -0.3 is 5.32 Å². The smallest absolute Gasteiger partial charge is 0.225 e. The van der Waals surface area contributed by atoms with Crippen LogP contribution in [-0.4, -0.2) is 12.5 Å². The van der Waals surface area contributed by atoms with E-state index in [4.69, 9.17) is 0 Å². The van der Waals surface area contributed by atoms with E-state index in [0.717, 1.165) is 19.4 Å². The van der Waals surface area contributed by atoms with E-state index in [2.05, 4.69) is 19.2 Å². The fourth-order valence-electron chi connectivity index (χ4n) is 1.51. The molecule has 0 aromatic heterocycles. The van der Waals surface area contributed by atoms with E-state index in [1.165, 1.54) is 32.1 Å². The highest BCUT2D eigenvalue weighted by Gasteiger charge is 2.24. The van der Waals surface area contributed by atoms with Crippen LogP contribution in [-0.2, 0) is 4.79 Å². The molecule has 0 spiro atoms. The maximum Gasteiger partial charge on any atom is 0.225 e. The highest BCUT2D eigenvalue weighted by atomic mass is 16.2. The minimum Gasteiger partial charge on any atom is -0.356 e. The summed E-state index contributed by atoms with van der Waals surface area (Å²) in [5.41, 5.74) is -0.206. The Balaban J connectivity index is 3.42. The summed E-state index contributed by atoms with van der Waals surface area (Å²) >= 11 is 0. The average Bonchev–Trinajstić information content (AvgIpc) is 2.27. The van der Waals surface area contributed by atoms with Gasteiger partial charge in [-0.3, -0.25) is 4.79 Å². The lowest BCUT2D eigenvalue weighted by atomic mass is 9.89. The molecule has 0 bridgehead atoms. The number of hydrogen-bond donors (Lipinski definition) is 1. The van der Waals surface area contributed by atoms with Crippen LogP contribution < -0.4 is 5.32 Å². The molecular formula is C14H29NO. The van der Waals surface area contributed by atoms with Gasteiger partial charge in [0.05, 0.1) is 0 Å². The summed E-state index contributed by atoms with van der Waals surface area (Å²) in [5, 5.41) is 3.03. The van der Waals surface area contributed by atoms with Gasteiger partial charge in [0, 0.05) is 12.0 Å². The van der Waals surface area contributed by atoms with E-state index in [1.807, 2.05) is 13.8 Å². The average molecular weight is 227 g/mol. The molecule has 1 amide bonds. The standard InChI is InChI=1S/C14H29NO/c1-5-7-8-9-10-11-12-15-13(16)14(3,4)6-2/h5-12H2,1-4H3,(H,15,16). The van der Waals surface area contributed by atoms with Crippen molar-refractivity contribution in [3.63, 3.8) is 0 Å². The summed E-state index contributed by atoms with van der Waals surface area (Å²) in [4.78, 5) is 11.7. The van der Waals surface area contributed by atoms with Crippen LogP contribution in [0.4, 0.5) is 0 Å². The zero-order valence-electron chi connectivity index (χ0n) is 11.6. The third-order valence-corrected chi connectivity index (χ3v) is 3.31. The predicted molar refractivity (Wildman–Crippen MR) is 70.5 cm³/mol. The second-order valence-electron chi connectivity index (χ2n) is 5.26. The van der Waals surface area contributed by atoms with Gasteiger partial charge in [0.25, 0.3) is 0 Å². The molecular weight excluding hydrogens is 198 g/mol.